The maximum atomic E-state index is 5.29. The lowest BCUT2D eigenvalue weighted by molar-refractivity contribution is 0.0329. The van der Waals surface area contributed by atoms with Gasteiger partial charge in [0, 0.05) is 30.4 Å². The second-order valence-electron chi connectivity index (χ2n) is 4.55. The second-order valence-corrected chi connectivity index (χ2v) is 4.55. The van der Waals surface area contributed by atoms with Gasteiger partial charge in [0.25, 0.3) is 0 Å². The predicted molar refractivity (Wildman–Crippen MR) is 69.2 cm³/mol. The van der Waals surface area contributed by atoms with Crippen LogP contribution < -0.4 is 5.32 Å². The number of hydrogen-bond donors (Lipinski definition) is 1. The van der Waals surface area contributed by atoms with Gasteiger partial charge in [-0.3, -0.25) is 4.98 Å². The summed E-state index contributed by atoms with van der Waals surface area (Å²) in [4.78, 5) is 4.36. The predicted octanol–water partition coefficient (Wildman–Crippen LogP) is 2.82. The number of hydrogen-bond acceptors (Lipinski definition) is 3. The molecule has 0 spiro atoms. The highest BCUT2D eigenvalue weighted by Crippen LogP contribution is 2.29. The molecule has 3 heteroatoms. The van der Waals surface area contributed by atoms with Crippen molar-refractivity contribution in [1.82, 2.24) is 4.98 Å². The van der Waals surface area contributed by atoms with Crippen LogP contribution in [0.3, 0.4) is 0 Å². The Morgan fingerprint density at radius 1 is 1.24 bits per heavy atom. The Labute approximate surface area is 101 Å². The average Bonchev–Trinajstić information content (AvgIpc) is 2.33. The average molecular weight is 228 g/mol. The van der Waals surface area contributed by atoms with Crippen molar-refractivity contribution in [1.29, 1.82) is 0 Å². The van der Waals surface area contributed by atoms with Gasteiger partial charge in [-0.25, -0.2) is 0 Å². The van der Waals surface area contributed by atoms with E-state index in [1.54, 1.807) is 7.11 Å². The van der Waals surface area contributed by atoms with E-state index >= 15 is 0 Å². The number of aromatic nitrogens is 1. The number of methoxy groups -OCH3 is 1. The third-order valence-electron chi connectivity index (χ3n) is 3.43. The zero-order chi connectivity index (χ0) is 11.7. The molecule has 0 atom stereocenters. The maximum absolute atomic E-state index is 5.29. The molecule has 1 fully saturated rings. The summed E-state index contributed by atoms with van der Waals surface area (Å²) < 4.78 is 5.29. The van der Waals surface area contributed by atoms with Crippen molar-refractivity contribution in [3.05, 3.63) is 36.5 Å². The lowest BCUT2D eigenvalue weighted by atomic mass is 9.89. The maximum Gasteiger partial charge on any atom is 0.0722 e. The van der Waals surface area contributed by atoms with E-state index in [1.165, 1.54) is 11.1 Å². The lowest BCUT2D eigenvalue weighted by Gasteiger charge is -2.35. The number of nitrogens with zero attached hydrogens (tertiary/aromatic N) is 1. The summed E-state index contributed by atoms with van der Waals surface area (Å²) in [6, 6.07) is 10.8. The summed E-state index contributed by atoms with van der Waals surface area (Å²) in [7, 11) is 1.78. The monoisotopic (exact) mass is 228 g/mol. The quantitative estimate of drug-likeness (QED) is 0.877. The van der Waals surface area contributed by atoms with Gasteiger partial charge in [-0.05, 0) is 37.1 Å². The van der Waals surface area contributed by atoms with Gasteiger partial charge in [0.15, 0.2) is 0 Å². The van der Waals surface area contributed by atoms with Gasteiger partial charge >= 0.3 is 0 Å². The summed E-state index contributed by atoms with van der Waals surface area (Å²) in [5.41, 5.74) is 2.22. The number of nitrogens with one attached hydrogen (secondary N) is 1. The van der Waals surface area contributed by atoms with Crippen LogP contribution in [0, 0.1) is 0 Å². The molecule has 2 aromatic rings. The molecule has 1 N–H and O–H groups in total. The molecule has 0 aliphatic heterocycles. The lowest BCUT2D eigenvalue weighted by Crippen LogP contribution is -2.40. The Morgan fingerprint density at radius 2 is 2.12 bits per heavy atom. The highest BCUT2D eigenvalue weighted by molar-refractivity contribution is 5.91. The Bertz CT molecular complexity index is 515. The molecule has 0 saturated heterocycles. The number of pyridine rings is 1. The second kappa shape index (κ2) is 4.34. The SMILES string of the molecule is COC1CC(Nc2cccc3ncccc23)C1. The van der Waals surface area contributed by atoms with Crippen LogP contribution in [0.15, 0.2) is 36.5 Å². The molecule has 1 aliphatic rings. The first kappa shape index (κ1) is 10.5. The molecule has 0 bridgehead atoms. The summed E-state index contributed by atoms with van der Waals surface area (Å²) in [5, 5.41) is 4.76. The number of fused-ring (bicyclic) bond motifs is 1. The zero-order valence-corrected chi connectivity index (χ0v) is 9.89. The van der Waals surface area contributed by atoms with E-state index in [0.717, 1.165) is 18.4 Å². The normalized spacial score (nSPS) is 23.4. The molecule has 1 saturated carbocycles. The van der Waals surface area contributed by atoms with Crippen LogP contribution in [0.1, 0.15) is 12.8 Å². The van der Waals surface area contributed by atoms with Crippen LogP contribution in [-0.2, 0) is 4.74 Å². The van der Waals surface area contributed by atoms with Gasteiger partial charge in [-0.1, -0.05) is 6.07 Å². The molecular weight excluding hydrogens is 212 g/mol. The van der Waals surface area contributed by atoms with E-state index in [0.29, 0.717) is 12.1 Å². The van der Waals surface area contributed by atoms with Crippen molar-refractivity contribution >= 4 is 16.6 Å². The van der Waals surface area contributed by atoms with E-state index in [2.05, 4.69) is 22.4 Å². The highest BCUT2D eigenvalue weighted by Gasteiger charge is 2.28. The first-order valence-corrected chi connectivity index (χ1v) is 6.00. The van der Waals surface area contributed by atoms with Gasteiger partial charge in [0.2, 0.25) is 0 Å². The van der Waals surface area contributed by atoms with Crippen LogP contribution in [-0.4, -0.2) is 24.2 Å². The van der Waals surface area contributed by atoms with E-state index in [-0.39, 0.29) is 0 Å². The molecule has 1 aliphatic carbocycles. The Kier molecular flexibility index (Phi) is 2.69. The summed E-state index contributed by atoms with van der Waals surface area (Å²) in [5.74, 6) is 0. The number of anilines is 1. The summed E-state index contributed by atoms with van der Waals surface area (Å²) in [6.07, 6.45) is 4.44. The standard InChI is InChI=1S/C14H16N2O/c1-17-11-8-10(9-11)16-14-6-2-5-13-12(14)4-3-7-15-13/h2-7,10-11,16H,8-9H2,1H3. The van der Waals surface area contributed by atoms with Gasteiger partial charge in [0.1, 0.15) is 0 Å². The number of rotatable bonds is 3. The molecule has 0 radical (unpaired) electrons. The number of ether oxygens (including phenoxy) is 1. The minimum atomic E-state index is 0.431. The van der Waals surface area contributed by atoms with E-state index in [9.17, 15) is 0 Å². The molecule has 0 unspecified atom stereocenters. The zero-order valence-electron chi connectivity index (χ0n) is 9.89. The Balaban J connectivity index is 1.81. The fraction of sp³-hybridized carbons (Fsp3) is 0.357. The number of benzene rings is 1. The van der Waals surface area contributed by atoms with Crippen molar-refractivity contribution in [2.24, 2.45) is 0 Å². The third-order valence-corrected chi connectivity index (χ3v) is 3.43. The Morgan fingerprint density at radius 3 is 2.94 bits per heavy atom. The van der Waals surface area contributed by atoms with Gasteiger partial charge in [-0.15, -0.1) is 0 Å². The fourth-order valence-corrected chi connectivity index (χ4v) is 2.33. The van der Waals surface area contributed by atoms with Gasteiger partial charge < -0.3 is 10.1 Å². The topological polar surface area (TPSA) is 34.1 Å². The van der Waals surface area contributed by atoms with Gasteiger partial charge in [0.05, 0.1) is 11.6 Å². The van der Waals surface area contributed by atoms with E-state index < -0.39 is 0 Å². The molecule has 88 valence electrons. The molecule has 1 aromatic carbocycles. The van der Waals surface area contributed by atoms with E-state index in [1.807, 2.05) is 24.4 Å². The van der Waals surface area contributed by atoms with Crippen LogP contribution in [0.25, 0.3) is 10.9 Å². The fourth-order valence-electron chi connectivity index (χ4n) is 2.33. The largest absolute Gasteiger partial charge is 0.382 e. The molecule has 1 heterocycles. The molecular formula is C14H16N2O. The molecule has 3 nitrogen and oxygen atoms in total. The third kappa shape index (κ3) is 1.98. The summed E-state index contributed by atoms with van der Waals surface area (Å²) in [6.45, 7) is 0. The van der Waals surface area contributed by atoms with Crippen molar-refractivity contribution in [2.45, 2.75) is 25.0 Å². The van der Waals surface area contributed by atoms with Crippen LogP contribution in [0.2, 0.25) is 0 Å². The minimum Gasteiger partial charge on any atom is -0.382 e. The molecule has 17 heavy (non-hydrogen) atoms. The molecule has 0 amide bonds. The van der Waals surface area contributed by atoms with Gasteiger partial charge in [-0.2, -0.15) is 0 Å². The smallest absolute Gasteiger partial charge is 0.0722 e. The van der Waals surface area contributed by atoms with Crippen molar-refractivity contribution in [2.75, 3.05) is 12.4 Å². The van der Waals surface area contributed by atoms with Crippen LogP contribution in [0.4, 0.5) is 5.69 Å². The van der Waals surface area contributed by atoms with Crippen LogP contribution >= 0.6 is 0 Å². The highest BCUT2D eigenvalue weighted by atomic mass is 16.5. The van der Waals surface area contributed by atoms with Crippen molar-refractivity contribution < 1.29 is 4.74 Å². The molecule has 3 rings (SSSR count). The molecule has 1 aromatic heterocycles. The summed E-state index contributed by atoms with van der Waals surface area (Å²) >= 11 is 0. The Hall–Kier alpha value is -1.61. The van der Waals surface area contributed by atoms with Crippen LogP contribution in [0.5, 0.6) is 0 Å². The van der Waals surface area contributed by atoms with Crippen molar-refractivity contribution in [3.63, 3.8) is 0 Å². The first-order chi connectivity index (χ1) is 8.36. The van der Waals surface area contributed by atoms with E-state index in [4.69, 9.17) is 4.74 Å². The first-order valence-electron chi connectivity index (χ1n) is 6.00. The van der Waals surface area contributed by atoms with Crippen molar-refractivity contribution in [3.8, 4) is 0 Å². The minimum absolute atomic E-state index is 0.431.